The first-order valence-electron chi connectivity index (χ1n) is 4.75. The molecule has 0 aliphatic heterocycles. The fraction of sp³-hybridized carbons (Fsp3) is 0.300. The highest BCUT2D eigenvalue weighted by Crippen LogP contribution is 2.21. The van der Waals surface area contributed by atoms with E-state index >= 15 is 0 Å². The third-order valence-corrected chi connectivity index (χ3v) is 2.42. The molecule has 0 saturated carbocycles. The van der Waals surface area contributed by atoms with Gasteiger partial charge in [-0.2, -0.15) is 0 Å². The lowest BCUT2D eigenvalue weighted by Gasteiger charge is -2.05. The number of nitro groups is 1. The Morgan fingerprint density at radius 3 is 2.78 bits per heavy atom. The van der Waals surface area contributed by atoms with Gasteiger partial charge in [0, 0.05) is 23.7 Å². The number of non-ortho nitro benzene ring substituents is 1. The molecule has 0 bridgehead atoms. The molecule has 0 radical (unpaired) electrons. The van der Waals surface area contributed by atoms with Crippen LogP contribution in [0.5, 0.6) is 0 Å². The molecule has 6 nitrogen and oxygen atoms in total. The van der Waals surface area contributed by atoms with Gasteiger partial charge >= 0.3 is 5.97 Å². The highest BCUT2D eigenvalue weighted by Gasteiger charge is 2.09. The van der Waals surface area contributed by atoms with Gasteiger partial charge in [-0.15, -0.1) is 12.4 Å². The van der Waals surface area contributed by atoms with E-state index in [1.807, 2.05) is 0 Å². The van der Waals surface area contributed by atoms with Gasteiger partial charge in [0.15, 0.2) is 0 Å². The predicted octanol–water partition coefficient (Wildman–Crippen LogP) is 1.93. The quantitative estimate of drug-likeness (QED) is 0.510. The van der Waals surface area contributed by atoms with Crippen LogP contribution in [0.1, 0.15) is 5.56 Å². The molecule has 18 heavy (non-hydrogen) atoms. The minimum Gasteiger partial charge on any atom is -0.468 e. The summed E-state index contributed by atoms with van der Waals surface area (Å²) >= 11 is 5.87. The summed E-state index contributed by atoms with van der Waals surface area (Å²) in [6.07, 6.45) is 0. The second-order valence-electron chi connectivity index (χ2n) is 3.21. The van der Waals surface area contributed by atoms with Crippen molar-refractivity contribution in [1.82, 2.24) is 5.32 Å². The van der Waals surface area contributed by atoms with Crippen LogP contribution < -0.4 is 5.32 Å². The maximum Gasteiger partial charge on any atom is 0.319 e. The zero-order valence-electron chi connectivity index (χ0n) is 9.51. The van der Waals surface area contributed by atoms with Gasteiger partial charge in [-0.05, 0) is 11.6 Å². The van der Waals surface area contributed by atoms with Gasteiger partial charge in [-0.1, -0.05) is 11.6 Å². The molecule has 0 atom stereocenters. The Labute approximate surface area is 115 Å². The summed E-state index contributed by atoms with van der Waals surface area (Å²) in [5, 5.41) is 13.7. The Morgan fingerprint density at radius 2 is 2.22 bits per heavy atom. The van der Waals surface area contributed by atoms with Gasteiger partial charge in [0.25, 0.3) is 5.69 Å². The smallest absolute Gasteiger partial charge is 0.319 e. The number of carbonyl (C=O) groups is 1. The number of hydrogen-bond acceptors (Lipinski definition) is 5. The van der Waals surface area contributed by atoms with Crippen LogP contribution in [0.3, 0.4) is 0 Å². The fourth-order valence-corrected chi connectivity index (χ4v) is 1.37. The first kappa shape index (κ1) is 16.6. The molecule has 1 aromatic carbocycles. The highest BCUT2D eigenvalue weighted by molar-refractivity contribution is 6.31. The van der Waals surface area contributed by atoms with Crippen LogP contribution in [0.25, 0.3) is 0 Å². The third kappa shape index (κ3) is 4.87. The summed E-state index contributed by atoms with van der Waals surface area (Å²) in [4.78, 5) is 20.9. The molecule has 1 rings (SSSR count). The molecule has 100 valence electrons. The number of methoxy groups -OCH3 is 1. The van der Waals surface area contributed by atoms with Crippen molar-refractivity contribution < 1.29 is 14.5 Å². The number of nitro benzene ring substituents is 1. The van der Waals surface area contributed by atoms with Crippen LogP contribution in [-0.4, -0.2) is 24.5 Å². The van der Waals surface area contributed by atoms with Gasteiger partial charge < -0.3 is 10.1 Å². The minimum atomic E-state index is -0.500. The Hall–Kier alpha value is -1.37. The summed E-state index contributed by atoms with van der Waals surface area (Å²) in [6.45, 7) is 0.283. The van der Waals surface area contributed by atoms with Gasteiger partial charge in [-0.3, -0.25) is 14.9 Å². The normalized spacial score (nSPS) is 9.44. The van der Waals surface area contributed by atoms with Crippen molar-refractivity contribution in [2.75, 3.05) is 13.7 Å². The molecule has 0 spiro atoms. The lowest BCUT2D eigenvalue weighted by molar-refractivity contribution is -0.384. The topological polar surface area (TPSA) is 81.5 Å². The Kier molecular flexibility index (Phi) is 7.26. The molecular weight excluding hydrogens is 283 g/mol. The first-order chi connectivity index (χ1) is 8.04. The molecule has 0 amide bonds. The van der Waals surface area contributed by atoms with Gasteiger partial charge in [0.1, 0.15) is 0 Å². The molecule has 1 aromatic rings. The Bertz CT molecular complexity index is 440. The minimum absolute atomic E-state index is 0. The molecule has 0 aliphatic carbocycles. The van der Waals surface area contributed by atoms with E-state index in [0.29, 0.717) is 10.6 Å². The second-order valence-corrected chi connectivity index (χ2v) is 3.62. The van der Waals surface area contributed by atoms with Crippen LogP contribution in [0, 0.1) is 10.1 Å². The molecule has 0 aromatic heterocycles. The summed E-state index contributed by atoms with van der Waals surface area (Å²) < 4.78 is 4.44. The van der Waals surface area contributed by atoms with Crippen molar-refractivity contribution in [2.45, 2.75) is 6.54 Å². The number of benzene rings is 1. The number of hydrogen-bond donors (Lipinski definition) is 1. The predicted molar refractivity (Wildman–Crippen MR) is 69.1 cm³/mol. The molecule has 0 saturated heterocycles. The van der Waals surface area contributed by atoms with Crippen molar-refractivity contribution in [1.29, 1.82) is 0 Å². The number of nitrogens with zero attached hydrogens (tertiary/aromatic N) is 1. The first-order valence-corrected chi connectivity index (χ1v) is 5.12. The van der Waals surface area contributed by atoms with Gasteiger partial charge in [0.05, 0.1) is 18.6 Å². The molecular formula is C10H12Cl2N2O4. The number of esters is 1. The van der Waals surface area contributed by atoms with E-state index in [2.05, 4.69) is 10.1 Å². The molecule has 0 aliphatic rings. The number of halogens is 2. The zero-order valence-corrected chi connectivity index (χ0v) is 11.1. The highest BCUT2D eigenvalue weighted by atomic mass is 35.5. The van der Waals surface area contributed by atoms with Crippen molar-refractivity contribution in [3.63, 3.8) is 0 Å². The van der Waals surface area contributed by atoms with E-state index in [-0.39, 0.29) is 31.2 Å². The van der Waals surface area contributed by atoms with E-state index in [0.717, 1.165) is 0 Å². The van der Waals surface area contributed by atoms with E-state index in [9.17, 15) is 14.9 Å². The van der Waals surface area contributed by atoms with E-state index in [1.165, 1.54) is 25.3 Å². The average molecular weight is 295 g/mol. The van der Waals surface area contributed by atoms with E-state index in [1.54, 1.807) is 0 Å². The SMILES string of the molecule is COC(=O)CNCc1cc([N+](=O)[O-])ccc1Cl.Cl. The number of ether oxygens (including phenoxy) is 1. The van der Waals surface area contributed by atoms with Gasteiger partial charge in [0.2, 0.25) is 0 Å². The van der Waals surface area contributed by atoms with E-state index < -0.39 is 10.9 Å². The lowest BCUT2D eigenvalue weighted by Crippen LogP contribution is -2.23. The molecule has 1 N–H and O–H groups in total. The molecule has 0 fully saturated rings. The zero-order chi connectivity index (χ0) is 12.8. The van der Waals surface area contributed by atoms with E-state index in [4.69, 9.17) is 11.6 Å². The molecule has 0 unspecified atom stereocenters. The second kappa shape index (κ2) is 7.86. The van der Waals surface area contributed by atoms with Crippen LogP contribution in [0.15, 0.2) is 18.2 Å². The Morgan fingerprint density at radius 1 is 1.56 bits per heavy atom. The third-order valence-electron chi connectivity index (χ3n) is 2.05. The number of rotatable bonds is 5. The summed E-state index contributed by atoms with van der Waals surface area (Å²) in [6, 6.07) is 4.15. The van der Waals surface area contributed by atoms with Gasteiger partial charge in [-0.25, -0.2) is 0 Å². The molecule has 0 heterocycles. The maximum absolute atomic E-state index is 10.8. The van der Waals surface area contributed by atoms with Crippen molar-refractivity contribution in [2.24, 2.45) is 0 Å². The summed E-state index contributed by atoms with van der Waals surface area (Å²) in [7, 11) is 1.28. The van der Waals surface area contributed by atoms with Crippen LogP contribution in [-0.2, 0) is 16.1 Å². The van der Waals surface area contributed by atoms with Crippen molar-refractivity contribution >= 4 is 35.7 Å². The van der Waals surface area contributed by atoms with Crippen LogP contribution in [0.2, 0.25) is 5.02 Å². The largest absolute Gasteiger partial charge is 0.468 e. The Balaban J connectivity index is 0.00000289. The van der Waals surface area contributed by atoms with Crippen LogP contribution >= 0.6 is 24.0 Å². The fourth-order valence-electron chi connectivity index (χ4n) is 1.18. The standard InChI is InChI=1S/C10H11ClN2O4.ClH/c1-17-10(14)6-12-5-7-4-8(13(15)16)2-3-9(7)11;/h2-4,12H,5-6H2,1H3;1H. The lowest BCUT2D eigenvalue weighted by atomic mass is 10.2. The average Bonchev–Trinajstić information content (AvgIpc) is 2.30. The summed E-state index contributed by atoms with van der Waals surface area (Å²) in [5.41, 5.74) is 0.522. The van der Waals surface area contributed by atoms with Crippen LogP contribution in [0.4, 0.5) is 5.69 Å². The van der Waals surface area contributed by atoms with Crippen molar-refractivity contribution in [3.05, 3.63) is 38.9 Å². The maximum atomic E-state index is 10.8. The molecule has 8 heteroatoms. The monoisotopic (exact) mass is 294 g/mol. The number of carbonyl (C=O) groups excluding carboxylic acids is 1. The van der Waals surface area contributed by atoms with Crippen molar-refractivity contribution in [3.8, 4) is 0 Å². The summed E-state index contributed by atoms with van der Waals surface area (Å²) in [5.74, 6) is -0.411. The number of nitrogens with one attached hydrogen (secondary N) is 1.